The molecule has 5 rings (SSSR count). The lowest BCUT2D eigenvalue weighted by Gasteiger charge is -2.01. The lowest BCUT2D eigenvalue weighted by Crippen LogP contribution is -2.11. The molecule has 126 valence electrons. The lowest BCUT2D eigenvalue weighted by molar-refractivity contribution is 1.09. The molecule has 3 aliphatic heterocycles. The fraction of sp³-hybridized carbons (Fsp3) is 0.0476. The summed E-state index contributed by atoms with van der Waals surface area (Å²) in [6, 6.07) is 8.15. The van der Waals surface area contributed by atoms with E-state index >= 15 is 0 Å². The minimum Gasteiger partial charge on any atom is -0.355 e. The molecule has 5 heteroatoms. The number of hydrogen-bond donors (Lipinski definition) is 4. The zero-order valence-electron chi connectivity index (χ0n) is 14.2. The van der Waals surface area contributed by atoms with Gasteiger partial charge in [-0.2, -0.15) is 0 Å². The number of aromatic amines is 2. The summed E-state index contributed by atoms with van der Waals surface area (Å²) in [6.45, 7) is 1.96. The lowest BCUT2D eigenvalue weighted by atomic mass is 10.1. The first-order chi connectivity index (χ1) is 12.6. The van der Waals surface area contributed by atoms with E-state index in [4.69, 9.17) is 5.41 Å². The van der Waals surface area contributed by atoms with Crippen molar-refractivity contribution in [3.63, 3.8) is 0 Å². The maximum absolute atomic E-state index is 8.38. The summed E-state index contributed by atoms with van der Waals surface area (Å²) in [5.74, 6) is 0. The Kier molecular flexibility index (Phi) is 3.09. The fourth-order valence-electron chi connectivity index (χ4n) is 3.27. The van der Waals surface area contributed by atoms with Crippen LogP contribution in [0.15, 0.2) is 70.2 Å². The Morgan fingerprint density at radius 3 is 2.46 bits per heavy atom. The summed E-state index contributed by atoms with van der Waals surface area (Å²) >= 11 is 0. The van der Waals surface area contributed by atoms with Crippen LogP contribution in [0.25, 0.3) is 18.2 Å². The van der Waals surface area contributed by atoms with Crippen molar-refractivity contribution in [2.24, 2.45) is 4.99 Å². The van der Waals surface area contributed by atoms with Crippen molar-refractivity contribution >= 4 is 29.7 Å². The Labute approximate surface area is 150 Å². The molecule has 3 aliphatic rings. The van der Waals surface area contributed by atoms with Gasteiger partial charge >= 0.3 is 0 Å². The van der Waals surface area contributed by atoms with E-state index in [0.29, 0.717) is 5.71 Å². The molecular formula is C21H17N5. The van der Waals surface area contributed by atoms with Crippen molar-refractivity contribution in [3.8, 4) is 0 Å². The molecule has 5 nitrogen and oxygen atoms in total. The molecule has 0 unspecified atom stereocenters. The first-order valence-electron chi connectivity index (χ1n) is 8.49. The molecular weight excluding hydrogens is 322 g/mol. The molecule has 2 aromatic rings. The summed E-state index contributed by atoms with van der Waals surface area (Å²) in [7, 11) is 0. The third-order valence-electron chi connectivity index (χ3n) is 4.67. The van der Waals surface area contributed by atoms with E-state index in [1.54, 1.807) is 0 Å². The highest BCUT2D eigenvalue weighted by atomic mass is 15.0. The van der Waals surface area contributed by atoms with Gasteiger partial charge in [-0.05, 0) is 73.2 Å². The van der Waals surface area contributed by atoms with E-state index in [0.717, 1.165) is 50.5 Å². The Balaban J connectivity index is 1.72. The Bertz CT molecular complexity index is 1220. The Morgan fingerprint density at radius 1 is 0.846 bits per heavy atom. The van der Waals surface area contributed by atoms with Gasteiger partial charge in [0.2, 0.25) is 0 Å². The summed E-state index contributed by atoms with van der Waals surface area (Å²) in [6.07, 6.45) is 12.0. The number of aromatic nitrogens is 2. The second kappa shape index (κ2) is 5.46. The smallest absolute Gasteiger partial charge is 0.0825 e. The zero-order valence-corrected chi connectivity index (χ0v) is 14.2. The summed E-state index contributed by atoms with van der Waals surface area (Å²) in [5.41, 5.74) is 6.87. The Hall–Kier alpha value is -3.60. The molecule has 2 aromatic heterocycles. The number of allylic oxidation sites excluding steroid dienone is 4. The van der Waals surface area contributed by atoms with Gasteiger partial charge in [0.25, 0.3) is 0 Å². The van der Waals surface area contributed by atoms with Crippen molar-refractivity contribution in [1.29, 1.82) is 5.41 Å². The first kappa shape index (κ1) is 14.7. The van der Waals surface area contributed by atoms with Gasteiger partial charge < -0.3 is 15.3 Å². The maximum Gasteiger partial charge on any atom is 0.0825 e. The van der Waals surface area contributed by atoms with Crippen LogP contribution >= 0.6 is 0 Å². The second-order valence-corrected chi connectivity index (χ2v) is 6.56. The van der Waals surface area contributed by atoms with Crippen LogP contribution in [-0.4, -0.2) is 21.4 Å². The van der Waals surface area contributed by atoms with Gasteiger partial charge in [-0.3, -0.25) is 5.41 Å². The van der Waals surface area contributed by atoms with Crippen LogP contribution in [0.2, 0.25) is 0 Å². The predicted octanol–water partition coefficient (Wildman–Crippen LogP) is 2.10. The number of aliphatic imine (C=N–C) groups is 1. The molecule has 5 heterocycles. The highest BCUT2D eigenvalue weighted by molar-refractivity contribution is 6.19. The molecule has 8 bridgehead atoms. The van der Waals surface area contributed by atoms with Crippen molar-refractivity contribution < 1.29 is 0 Å². The van der Waals surface area contributed by atoms with Gasteiger partial charge in [-0.15, -0.1) is 0 Å². The minimum absolute atomic E-state index is 0.507. The van der Waals surface area contributed by atoms with Crippen LogP contribution in [0.3, 0.4) is 0 Å². The number of H-pyrrole nitrogens is 2. The van der Waals surface area contributed by atoms with Gasteiger partial charge in [-0.1, -0.05) is 0 Å². The molecule has 0 spiro atoms. The van der Waals surface area contributed by atoms with E-state index in [1.165, 1.54) is 0 Å². The van der Waals surface area contributed by atoms with Crippen molar-refractivity contribution in [2.75, 3.05) is 0 Å². The molecule has 0 aliphatic carbocycles. The van der Waals surface area contributed by atoms with Gasteiger partial charge in [0.05, 0.1) is 22.8 Å². The third kappa shape index (κ3) is 2.50. The highest BCUT2D eigenvalue weighted by Crippen LogP contribution is 2.23. The van der Waals surface area contributed by atoms with Crippen molar-refractivity contribution in [1.82, 2.24) is 15.3 Å². The number of rotatable bonds is 0. The van der Waals surface area contributed by atoms with Crippen LogP contribution in [0.4, 0.5) is 0 Å². The summed E-state index contributed by atoms with van der Waals surface area (Å²) < 4.78 is 0. The van der Waals surface area contributed by atoms with Gasteiger partial charge in [0.15, 0.2) is 0 Å². The number of hydrogen-bond acceptors (Lipinski definition) is 3. The molecule has 0 amide bonds. The summed E-state index contributed by atoms with van der Waals surface area (Å²) in [4.78, 5) is 11.4. The molecule has 0 saturated carbocycles. The normalized spacial score (nSPS) is 18.0. The molecule has 0 saturated heterocycles. The molecule has 26 heavy (non-hydrogen) atoms. The van der Waals surface area contributed by atoms with Crippen molar-refractivity contribution in [2.45, 2.75) is 6.92 Å². The highest BCUT2D eigenvalue weighted by Gasteiger charge is 2.20. The van der Waals surface area contributed by atoms with Crippen LogP contribution in [0.1, 0.15) is 18.3 Å². The quantitative estimate of drug-likeness (QED) is 0.583. The average molecular weight is 339 g/mol. The van der Waals surface area contributed by atoms with E-state index < -0.39 is 0 Å². The first-order valence-corrected chi connectivity index (χ1v) is 8.49. The molecule has 0 fully saturated rings. The predicted molar refractivity (Wildman–Crippen MR) is 105 cm³/mol. The van der Waals surface area contributed by atoms with Gasteiger partial charge in [0.1, 0.15) is 0 Å². The minimum atomic E-state index is 0.507. The topological polar surface area (TPSA) is 79.8 Å². The summed E-state index contributed by atoms with van der Waals surface area (Å²) in [5, 5.41) is 13.8. The number of nitrogens with zero attached hydrogens (tertiary/aromatic N) is 1. The van der Waals surface area contributed by atoms with Crippen LogP contribution in [0.5, 0.6) is 0 Å². The number of fused-ring (bicyclic) bond motifs is 7. The van der Waals surface area contributed by atoms with Crippen LogP contribution in [0, 0.1) is 5.41 Å². The monoisotopic (exact) mass is 339 g/mol. The van der Waals surface area contributed by atoms with Crippen LogP contribution in [-0.2, 0) is 0 Å². The third-order valence-corrected chi connectivity index (χ3v) is 4.67. The van der Waals surface area contributed by atoms with Crippen LogP contribution < -0.4 is 16.0 Å². The van der Waals surface area contributed by atoms with Gasteiger partial charge in [-0.25, -0.2) is 4.99 Å². The fourth-order valence-corrected chi connectivity index (χ4v) is 3.27. The SMILES string of the molecule is CC1=C2C=C3C=CC(=N3)C=c3ccc([nH]3)=Cc3ccc([nH]3)C=C(N2)C1=N. The van der Waals surface area contributed by atoms with E-state index in [-0.39, 0.29) is 0 Å². The molecule has 4 N–H and O–H groups in total. The second-order valence-electron chi connectivity index (χ2n) is 6.56. The van der Waals surface area contributed by atoms with E-state index in [2.05, 4.69) is 26.4 Å². The molecule has 0 atom stereocenters. The zero-order chi connectivity index (χ0) is 17.7. The molecule has 0 aromatic carbocycles. The largest absolute Gasteiger partial charge is 0.355 e. The molecule has 0 radical (unpaired) electrons. The van der Waals surface area contributed by atoms with Crippen molar-refractivity contribution in [3.05, 3.63) is 87.2 Å². The average Bonchev–Trinajstić information content (AvgIpc) is 3.38. The maximum atomic E-state index is 8.38. The van der Waals surface area contributed by atoms with E-state index in [1.807, 2.05) is 61.6 Å². The Morgan fingerprint density at radius 2 is 1.62 bits per heavy atom. The van der Waals surface area contributed by atoms with E-state index in [9.17, 15) is 0 Å². The number of nitrogens with one attached hydrogen (secondary N) is 4. The standard InChI is InChI=1S/C21H17N5/c1-12-19-10-17-6-4-15(24-17)8-13-2-3-14(23-13)9-16-5-7-18(25-16)11-20(26-19)21(12)22/h2-11,22-23,25-26H,1H3. The van der Waals surface area contributed by atoms with Gasteiger partial charge in [0, 0.05) is 27.8 Å².